The van der Waals surface area contributed by atoms with Crippen LogP contribution in [0.15, 0.2) is 18.2 Å². The third-order valence-electron chi connectivity index (χ3n) is 2.42. The fourth-order valence-corrected chi connectivity index (χ4v) is 2.82. The fraction of sp³-hybridized carbons (Fsp3) is 0.364. The van der Waals surface area contributed by atoms with E-state index >= 15 is 0 Å². The number of hydrogen-bond acceptors (Lipinski definition) is 3. The molecule has 1 unspecified atom stereocenters. The monoisotopic (exact) mass is 326 g/mol. The molecule has 1 aromatic rings. The van der Waals surface area contributed by atoms with Crippen LogP contribution in [0.4, 0.5) is 18.9 Å². The highest BCUT2D eigenvalue weighted by Crippen LogP contribution is 2.36. The minimum Gasteiger partial charge on any atom is -0.282 e. The Balaban J connectivity index is 3.16. The molecule has 0 bridgehead atoms. The summed E-state index contributed by atoms with van der Waals surface area (Å²) in [7, 11) is -4.07. The highest BCUT2D eigenvalue weighted by atomic mass is 35.5. The molecule has 0 heterocycles. The van der Waals surface area contributed by atoms with Gasteiger partial charge < -0.3 is 0 Å². The van der Waals surface area contributed by atoms with Gasteiger partial charge >= 0.3 is 6.18 Å². The van der Waals surface area contributed by atoms with Crippen LogP contribution >= 0.6 is 11.6 Å². The van der Waals surface area contributed by atoms with E-state index in [9.17, 15) is 21.6 Å². The maximum absolute atomic E-state index is 12.6. The molecule has 0 saturated carbocycles. The third kappa shape index (κ3) is 3.77. The van der Waals surface area contributed by atoms with Crippen LogP contribution in [0.1, 0.15) is 18.9 Å². The molecule has 0 aliphatic heterocycles. The van der Waals surface area contributed by atoms with E-state index in [4.69, 9.17) is 16.9 Å². The van der Waals surface area contributed by atoms with Gasteiger partial charge in [0.2, 0.25) is 10.0 Å². The van der Waals surface area contributed by atoms with E-state index in [2.05, 4.69) is 0 Å². The first-order valence-electron chi connectivity index (χ1n) is 5.39. The number of nitrogens with zero attached hydrogens (tertiary/aromatic N) is 1. The van der Waals surface area contributed by atoms with Crippen molar-refractivity contribution in [2.75, 3.05) is 4.72 Å². The summed E-state index contributed by atoms with van der Waals surface area (Å²) >= 11 is 5.42. The Bertz CT molecular complexity index is 638. The van der Waals surface area contributed by atoms with Gasteiger partial charge in [-0.2, -0.15) is 18.4 Å². The summed E-state index contributed by atoms with van der Waals surface area (Å²) in [5.41, 5.74) is -1.44. The SMILES string of the molecule is CCC(C#N)S(=O)(=O)Nc1ccc(Cl)c(C(F)(F)F)c1. The van der Waals surface area contributed by atoms with Gasteiger partial charge in [-0.3, -0.25) is 4.72 Å². The Hall–Kier alpha value is -1.46. The normalized spacial score (nSPS) is 13.6. The number of benzene rings is 1. The molecule has 1 rings (SSSR count). The molecular formula is C11H10ClF3N2O2S. The number of anilines is 1. The van der Waals surface area contributed by atoms with Crippen LogP contribution in [-0.2, 0) is 16.2 Å². The van der Waals surface area contributed by atoms with Crippen LogP contribution in [0.3, 0.4) is 0 Å². The molecule has 4 nitrogen and oxygen atoms in total. The standard InChI is InChI=1S/C11H10ClF3N2O2S/c1-2-8(6-16)20(18,19)17-7-3-4-10(12)9(5-7)11(13,14)15/h3-5,8,17H,2H2,1H3. The lowest BCUT2D eigenvalue weighted by molar-refractivity contribution is -0.137. The first-order chi connectivity index (χ1) is 9.11. The van der Waals surface area contributed by atoms with Crippen LogP contribution in [0.5, 0.6) is 0 Å². The predicted octanol–water partition coefficient (Wildman–Crippen LogP) is 3.40. The summed E-state index contributed by atoms with van der Waals surface area (Å²) in [6, 6.07) is 4.19. The molecule has 1 aromatic carbocycles. The van der Waals surface area contributed by atoms with E-state index in [1.807, 2.05) is 4.72 Å². The molecule has 0 aliphatic rings. The van der Waals surface area contributed by atoms with Gasteiger partial charge in [-0.15, -0.1) is 0 Å². The van der Waals surface area contributed by atoms with Crippen molar-refractivity contribution < 1.29 is 21.6 Å². The molecule has 1 N–H and O–H groups in total. The lowest BCUT2D eigenvalue weighted by atomic mass is 10.2. The van der Waals surface area contributed by atoms with Crippen molar-refractivity contribution in [2.45, 2.75) is 24.8 Å². The Morgan fingerprint density at radius 2 is 2.05 bits per heavy atom. The maximum atomic E-state index is 12.6. The summed E-state index contributed by atoms with van der Waals surface area (Å²) in [5.74, 6) is 0. The Morgan fingerprint density at radius 3 is 2.50 bits per heavy atom. The summed E-state index contributed by atoms with van der Waals surface area (Å²) in [4.78, 5) is 0. The molecule has 1 atom stereocenters. The van der Waals surface area contributed by atoms with Crippen molar-refractivity contribution in [2.24, 2.45) is 0 Å². The van der Waals surface area contributed by atoms with Gasteiger partial charge in [0.05, 0.1) is 16.7 Å². The van der Waals surface area contributed by atoms with E-state index in [0.29, 0.717) is 6.07 Å². The Labute approximate surface area is 119 Å². The molecule has 20 heavy (non-hydrogen) atoms. The molecule has 0 amide bonds. The van der Waals surface area contributed by atoms with Crippen molar-refractivity contribution >= 4 is 27.3 Å². The van der Waals surface area contributed by atoms with E-state index in [1.54, 1.807) is 6.07 Å². The van der Waals surface area contributed by atoms with Gasteiger partial charge in [0, 0.05) is 5.69 Å². The van der Waals surface area contributed by atoms with Crippen LogP contribution in [0, 0.1) is 11.3 Å². The quantitative estimate of drug-likeness (QED) is 0.921. The predicted molar refractivity (Wildman–Crippen MR) is 68.7 cm³/mol. The maximum Gasteiger partial charge on any atom is 0.417 e. The molecule has 0 aliphatic carbocycles. The van der Waals surface area contributed by atoms with E-state index < -0.39 is 32.0 Å². The minimum atomic E-state index is -4.70. The summed E-state index contributed by atoms with van der Waals surface area (Å²) < 4.78 is 63.4. The second kappa shape index (κ2) is 5.89. The van der Waals surface area contributed by atoms with Gasteiger partial charge in [0.15, 0.2) is 5.25 Å². The van der Waals surface area contributed by atoms with Crippen LogP contribution in [0.2, 0.25) is 5.02 Å². The fourth-order valence-electron chi connectivity index (χ4n) is 1.42. The number of rotatable bonds is 4. The molecule has 0 aromatic heterocycles. The summed E-state index contributed by atoms with van der Waals surface area (Å²) in [5, 5.41) is 6.82. The summed E-state index contributed by atoms with van der Waals surface area (Å²) in [6.07, 6.45) is -4.68. The van der Waals surface area contributed by atoms with Crippen molar-refractivity contribution in [3.05, 3.63) is 28.8 Å². The highest BCUT2D eigenvalue weighted by molar-refractivity contribution is 7.93. The number of alkyl halides is 3. The zero-order valence-corrected chi connectivity index (χ0v) is 11.8. The van der Waals surface area contributed by atoms with Crippen molar-refractivity contribution in [3.8, 4) is 6.07 Å². The lowest BCUT2D eigenvalue weighted by Crippen LogP contribution is -2.26. The number of halogens is 4. The van der Waals surface area contributed by atoms with E-state index in [1.165, 1.54) is 6.92 Å². The van der Waals surface area contributed by atoms with E-state index in [0.717, 1.165) is 12.1 Å². The molecule has 0 saturated heterocycles. The van der Waals surface area contributed by atoms with Crippen molar-refractivity contribution in [3.63, 3.8) is 0 Å². The van der Waals surface area contributed by atoms with E-state index in [-0.39, 0.29) is 12.1 Å². The highest BCUT2D eigenvalue weighted by Gasteiger charge is 2.34. The number of nitriles is 1. The van der Waals surface area contributed by atoms with Crippen molar-refractivity contribution in [1.82, 2.24) is 0 Å². The molecule has 110 valence electrons. The van der Waals surface area contributed by atoms with Gasteiger partial charge in [0.25, 0.3) is 0 Å². The first kappa shape index (κ1) is 16.6. The zero-order valence-electron chi connectivity index (χ0n) is 10.2. The molecular weight excluding hydrogens is 317 g/mol. The van der Waals surface area contributed by atoms with Gasteiger partial charge in [0.1, 0.15) is 0 Å². The lowest BCUT2D eigenvalue weighted by Gasteiger charge is -2.14. The average Bonchev–Trinajstić information content (AvgIpc) is 2.31. The molecule has 0 spiro atoms. The van der Waals surface area contributed by atoms with Crippen LogP contribution in [0.25, 0.3) is 0 Å². The first-order valence-corrected chi connectivity index (χ1v) is 7.32. The smallest absolute Gasteiger partial charge is 0.282 e. The second-order valence-corrected chi connectivity index (χ2v) is 6.14. The Kier molecular flexibility index (Phi) is 4.89. The van der Waals surface area contributed by atoms with Gasteiger partial charge in [-0.1, -0.05) is 18.5 Å². The Morgan fingerprint density at radius 1 is 1.45 bits per heavy atom. The molecule has 9 heteroatoms. The topological polar surface area (TPSA) is 70.0 Å². The van der Waals surface area contributed by atoms with Gasteiger partial charge in [-0.05, 0) is 24.6 Å². The number of hydrogen-bond donors (Lipinski definition) is 1. The largest absolute Gasteiger partial charge is 0.417 e. The summed E-state index contributed by atoms with van der Waals surface area (Å²) in [6.45, 7) is 1.48. The third-order valence-corrected chi connectivity index (χ3v) is 4.46. The second-order valence-electron chi connectivity index (χ2n) is 3.87. The van der Waals surface area contributed by atoms with Gasteiger partial charge in [-0.25, -0.2) is 8.42 Å². The molecule has 0 fully saturated rings. The number of sulfonamides is 1. The molecule has 0 radical (unpaired) electrons. The number of nitrogens with one attached hydrogen (secondary N) is 1. The van der Waals surface area contributed by atoms with Crippen molar-refractivity contribution in [1.29, 1.82) is 5.26 Å². The average molecular weight is 327 g/mol. The zero-order chi connectivity index (χ0) is 15.6. The van der Waals surface area contributed by atoms with Crippen LogP contribution in [-0.4, -0.2) is 13.7 Å². The van der Waals surface area contributed by atoms with Crippen LogP contribution < -0.4 is 4.72 Å². The minimum absolute atomic E-state index is 0.0194.